The molecule has 2 rings (SSSR count). The Morgan fingerprint density at radius 3 is 2.68 bits per heavy atom. The Morgan fingerprint density at radius 2 is 2.05 bits per heavy atom. The zero-order valence-corrected chi connectivity index (χ0v) is 9.95. The van der Waals surface area contributed by atoms with Gasteiger partial charge in [0.05, 0.1) is 17.2 Å². The summed E-state index contributed by atoms with van der Waals surface area (Å²) < 4.78 is 0. The van der Waals surface area contributed by atoms with E-state index in [9.17, 15) is 9.90 Å². The Bertz CT molecular complexity index is 670. The standard InChI is InChI=1S/C15H10N2O2/c16-9-12-5-2-1-4-11(12)8-14(15(18)19)13-6-3-7-17-10-13/h1-8,10H,(H,18,19)/b14-8+. The number of pyridine rings is 1. The molecular formula is C15H10N2O2. The van der Waals surface area contributed by atoms with Gasteiger partial charge in [-0.05, 0) is 23.8 Å². The van der Waals surface area contributed by atoms with Crippen molar-refractivity contribution in [3.8, 4) is 6.07 Å². The lowest BCUT2D eigenvalue weighted by atomic mass is 10.0. The minimum absolute atomic E-state index is 0.107. The molecule has 0 saturated carbocycles. The molecule has 0 aliphatic rings. The van der Waals surface area contributed by atoms with Gasteiger partial charge in [-0.15, -0.1) is 0 Å². The third kappa shape index (κ3) is 2.85. The summed E-state index contributed by atoms with van der Waals surface area (Å²) >= 11 is 0. The molecule has 0 radical (unpaired) electrons. The molecule has 0 unspecified atom stereocenters. The van der Waals surface area contributed by atoms with Crippen molar-refractivity contribution < 1.29 is 9.90 Å². The van der Waals surface area contributed by atoms with E-state index in [1.807, 2.05) is 6.07 Å². The van der Waals surface area contributed by atoms with Crippen LogP contribution in [0.3, 0.4) is 0 Å². The summed E-state index contributed by atoms with van der Waals surface area (Å²) in [4.78, 5) is 15.2. The Balaban J connectivity index is 2.55. The van der Waals surface area contributed by atoms with E-state index < -0.39 is 5.97 Å². The van der Waals surface area contributed by atoms with E-state index in [1.165, 1.54) is 12.3 Å². The van der Waals surface area contributed by atoms with Crippen LogP contribution in [0.1, 0.15) is 16.7 Å². The first-order valence-electron chi connectivity index (χ1n) is 5.57. The number of carboxylic acids is 1. The van der Waals surface area contributed by atoms with Crippen LogP contribution in [0, 0.1) is 11.3 Å². The number of carbonyl (C=O) groups is 1. The Labute approximate surface area is 110 Å². The number of nitriles is 1. The summed E-state index contributed by atoms with van der Waals surface area (Å²) in [6.07, 6.45) is 4.54. The molecule has 2 aromatic rings. The average Bonchev–Trinajstić information content (AvgIpc) is 2.45. The molecule has 0 aliphatic carbocycles. The van der Waals surface area contributed by atoms with E-state index in [-0.39, 0.29) is 5.57 Å². The van der Waals surface area contributed by atoms with Crippen LogP contribution in [0.15, 0.2) is 48.8 Å². The monoisotopic (exact) mass is 250 g/mol. The van der Waals surface area contributed by atoms with Gasteiger partial charge in [-0.3, -0.25) is 4.98 Å². The van der Waals surface area contributed by atoms with Gasteiger partial charge in [0.25, 0.3) is 0 Å². The van der Waals surface area contributed by atoms with Gasteiger partial charge < -0.3 is 5.11 Å². The summed E-state index contributed by atoms with van der Waals surface area (Å²) in [5, 5.41) is 18.3. The maximum absolute atomic E-state index is 11.3. The van der Waals surface area contributed by atoms with Gasteiger partial charge in [-0.1, -0.05) is 24.3 Å². The van der Waals surface area contributed by atoms with Crippen molar-refractivity contribution >= 4 is 17.6 Å². The zero-order chi connectivity index (χ0) is 13.7. The third-order valence-electron chi connectivity index (χ3n) is 2.58. The highest BCUT2D eigenvalue weighted by Crippen LogP contribution is 2.19. The number of aromatic nitrogens is 1. The highest BCUT2D eigenvalue weighted by atomic mass is 16.4. The van der Waals surface area contributed by atoms with Crippen LogP contribution < -0.4 is 0 Å². The maximum Gasteiger partial charge on any atom is 0.336 e. The molecule has 1 aromatic heterocycles. The normalized spacial score (nSPS) is 10.8. The smallest absolute Gasteiger partial charge is 0.336 e. The quantitative estimate of drug-likeness (QED) is 0.849. The number of aliphatic carboxylic acids is 1. The van der Waals surface area contributed by atoms with Crippen molar-refractivity contribution in [2.24, 2.45) is 0 Å². The molecule has 0 atom stereocenters. The van der Waals surface area contributed by atoms with E-state index in [2.05, 4.69) is 4.98 Å². The first-order chi connectivity index (χ1) is 9.22. The van der Waals surface area contributed by atoms with Gasteiger partial charge in [0.1, 0.15) is 0 Å². The van der Waals surface area contributed by atoms with E-state index in [0.717, 1.165) is 0 Å². The number of nitrogens with zero attached hydrogens (tertiary/aromatic N) is 2. The minimum atomic E-state index is -1.05. The molecule has 1 aromatic carbocycles. The van der Waals surface area contributed by atoms with Gasteiger partial charge in [-0.2, -0.15) is 5.26 Å². The number of hydrogen-bond donors (Lipinski definition) is 1. The molecule has 0 fully saturated rings. The number of benzene rings is 1. The van der Waals surface area contributed by atoms with Crippen molar-refractivity contribution in [3.05, 3.63) is 65.5 Å². The highest BCUT2D eigenvalue weighted by Gasteiger charge is 2.11. The SMILES string of the molecule is N#Cc1ccccc1/C=C(/C(=O)O)c1cccnc1. The van der Waals surface area contributed by atoms with Gasteiger partial charge in [0.15, 0.2) is 0 Å². The molecule has 1 heterocycles. The van der Waals surface area contributed by atoms with Crippen molar-refractivity contribution in [1.82, 2.24) is 4.98 Å². The fourth-order valence-corrected chi connectivity index (χ4v) is 1.67. The predicted molar refractivity (Wildman–Crippen MR) is 70.9 cm³/mol. The lowest BCUT2D eigenvalue weighted by molar-refractivity contribution is -0.130. The van der Waals surface area contributed by atoms with Crippen molar-refractivity contribution in [2.75, 3.05) is 0 Å². The second kappa shape index (κ2) is 5.61. The molecule has 19 heavy (non-hydrogen) atoms. The molecule has 4 nitrogen and oxygen atoms in total. The van der Waals surface area contributed by atoms with E-state index in [1.54, 1.807) is 42.6 Å². The third-order valence-corrected chi connectivity index (χ3v) is 2.58. The summed E-state index contributed by atoms with van der Waals surface area (Å²) in [6.45, 7) is 0. The van der Waals surface area contributed by atoms with Crippen molar-refractivity contribution in [1.29, 1.82) is 5.26 Å². The van der Waals surface area contributed by atoms with E-state index in [4.69, 9.17) is 5.26 Å². The van der Waals surface area contributed by atoms with E-state index in [0.29, 0.717) is 16.7 Å². The fraction of sp³-hybridized carbons (Fsp3) is 0. The average molecular weight is 250 g/mol. The van der Waals surface area contributed by atoms with Crippen LogP contribution in [-0.4, -0.2) is 16.1 Å². The molecule has 1 N–H and O–H groups in total. The Morgan fingerprint density at radius 1 is 1.26 bits per heavy atom. The van der Waals surface area contributed by atoms with Gasteiger partial charge in [0, 0.05) is 18.0 Å². The number of hydrogen-bond acceptors (Lipinski definition) is 3. The van der Waals surface area contributed by atoms with Crippen LogP contribution in [0.5, 0.6) is 0 Å². The molecule has 0 amide bonds. The fourth-order valence-electron chi connectivity index (χ4n) is 1.67. The summed E-state index contributed by atoms with van der Waals surface area (Å²) in [6, 6.07) is 12.2. The number of carboxylic acid groups (broad SMARTS) is 1. The maximum atomic E-state index is 11.3. The van der Waals surface area contributed by atoms with Crippen molar-refractivity contribution in [3.63, 3.8) is 0 Å². The largest absolute Gasteiger partial charge is 0.478 e. The zero-order valence-electron chi connectivity index (χ0n) is 9.95. The second-order valence-electron chi connectivity index (χ2n) is 3.80. The first kappa shape index (κ1) is 12.5. The van der Waals surface area contributed by atoms with Gasteiger partial charge >= 0.3 is 5.97 Å². The van der Waals surface area contributed by atoms with Gasteiger partial charge in [-0.25, -0.2) is 4.79 Å². The molecule has 0 bridgehead atoms. The van der Waals surface area contributed by atoms with Crippen LogP contribution in [0.4, 0.5) is 0 Å². The molecule has 4 heteroatoms. The lowest BCUT2D eigenvalue weighted by Gasteiger charge is -2.03. The minimum Gasteiger partial charge on any atom is -0.478 e. The summed E-state index contributed by atoms with van der Waals surface area (Å²) in [5.41, 5.74) is 1.62. The van der Waals surface area contributed by atoms with Crippen molar-refractivity contribution in [2.45, 2.75) is 0 Å². The lowest BCUT2D eigenvalue weighted by Crippen LogP contribution is -2.00. The summed E-state index contributed by atoms with van der Waals surface area (Å²) in [5.74, 6) is -1.05. The predicted octanol–water partition coefficient (Wildman–Crippen LogP) is 2.58. The van der Waals surface area contributed by atoms with E-state index >= 15 is 0 Å². The number of rotatable bonds is 3. The first-order valence-corrected chi connectivity index (χ1v) is 5.57. The molecule has 0 spiro atoms. The van der Waals surface area contributed by atoms with Crippen LogP contribution in [-0.2, 0) is 4.79 Å². The summed E-state index contributed by atoms with van der Waals surface area (Å²) in [7, 11) is 0. The molecule has 0 aliphatic heterocycles. The van der Waals surface area contributed by atoms with Crippen LogP contribution in [0.2, 0.25) is 0 Å². The second-order valence-corrected chi connectivity index (χ2v) is 3.80. The van der Waals surface area contributed by atoms with Crippen LogP contribution in [0.25, 0.3) is 11.6 Å². The topological polar surface area (TPSA) is 74.0 Å². The molecular weight excluding hydrogens is 240 g/mol. The Hall–Kier alpha value is -2.93. The highest BCUT2D eigenvalue weighted by molar-refractivity contribution is 6.20. The molecule has 92 valence electrons. The van der Waals surface area contributed by atoms with Gasteiger partial charge in [0.2, 0.25) is 0 Å². The molecule has 0 saturated heterocycles. The Kier molecular flexibility index (Phi) is 3.70. The van der Waals surface area contributed by atoms with Crippen LogP contribution >= 0.6 is 0 Å².